The van der Waals surface area contributed by atoms with E-state index >= 15 is 0 Å². The number of aromatic nitrogens is 2. The van der Waals surface area contributed by atoms with Gasteiger partial charge in [0, 0.05) is 12.6 Å². The lowest BCUT2D eigenvalue weighted by Gasteiger charge is -2.32. The summed E-state index contributed by atoms with van der Waals surface area (Å²) in [6.45, 7) is 13.3. The Morgan fingerprint density at radius 3 is 2.55 bits per heavy atom. The molecule has 0 saturated heterocycles. The normalized spacial score (nSPS) is 13.7. The molecule has 1 rings (SSSR count). The lowest BCUT2D eigenvalue weighted by molar-refractivity contribution is 0.254. The minimum absolute atomic E-state index is 0.261. The Kier molecular flexibility index (Phi) is 7.04. The highest BCUT2D eigenvalue weighted by Crippen LogP contribution is 2.25. The van der Waals surface area contributed by atoms with Crippen molar-refractivity contribution < 1.29 is 0 Å². The molecular weight excluding hydrogens is 270 g/mol. The Morgan fingerprint density at radius 2 is 2.00 bits per heavy atom. The van der Waals surface area contributed by atoms with Gasteiger partial charge in [-0.1, -0.05) is 46.2 Å². The van der Waals surface area contributed by atoms with Gasteiger partial charge in [-0.3, -0.25) is 4.68 Å². The third kappa shape index (κ3) is 5.10. The third-order valence-electron chi connectivity index (χ3n) is 3.69. The maximum atomic E-state index is 6.28. The molecule has 0 spiro atoms. The zero-order valence-corrected chi connectivity index (χ0v) is 14.4. The summed E-state index contributed by atoms with van der Waals surface area (Å²) in [5.74, 6) is 0. The topological polar surface area (TPSA) is 29.9 Å². The largest absolute Gasteiger partial charge is 0.313 e. The van der Waals surface area contributed by atoms with Crippen LogP contribution in [-0.2, 0) is 13.0 Å². The third-order valence-corrected chi connectivity index (χ3v) is 4.00. The average Bonchev–Trinajstić information content (AvgIpc) is 2.70. The SMILES string of the molecule is CCCNC(CCc1c(Cl)cnn1CCC)C(C)(C)C. The quantitative estimate of drug-likeness (QED) is 0.776. The summed E-state index contributed by atoms with van der Waals surface area (Å²) in [5, 5.41) is 8.85. The first-order valence-corrected chi connectivity index (χ1v) is 8.21. The first kappa shape index (κ1) is 17.5. The number of hydrogen-bond acceptors (Lipinski definition) is 2. The minimum Gasteiger partial charge on any atom is -0.313 e. The van der Waals surface area contributed by atoms with Crippen LogP contribution in [0.15, 0.2) is 6.20 Å². The molecule has 0 aliphatic carbocycles. The number of hydrogen-bond donors (Lipinski definition) is 1. The van der Waals surface area contributed by atoms with E-state index in [1.54, 1.807) is 6.20 Å². The summed E-state index contributed by atoms with van der Waals surface area (Å²) in [5.41, 5.74) is 1.44. The molecular formula is C16H30ClN3. The maximum absolute atomic E-state index is 6.28. The Hall–Kier alpha value is -0.540. The smallest absolute Gasteiger partial charge is 0.0817 e. The number of nitrogens with zero attached hydrogens (tertiary/aromatic N) is 2. The molecule has 1 heterocycles. The molecule has 0 fully saturated rings. The first-order valence-electron chi connectivity index (χ1n) is 7.83. The second-order valence-corrected chi connectivity index (χ2v) is 6.98. The Labute approximate surface area is 129 Å². The molecule has 0 aliphatic heterocycles. The van der Waals surface area contributed by atoms with Gasteiger partial charge in [0.05, 0.1) is 16.9 Å². The molecule has 4 heteroatoms. The molecule has 0 bridgehead atoms. The fourth-order valence-electron chi connectivity index (χ4n) is 2.48. The van der Waals surface area contributed by atoms with Gasteiger partial charge in [-0.05, 0) is 37.6 Å². The van der Waals surface area contributed by atoms with E-state index in [0.717, 1.165) is 37.4 Å². The van der Waals surface area contributed by atoms with E-state index in [1.807, 2.05) is 0 Å². The minimum atomic E-state index is 0.261. The fraction of sp³-hybridized carbons (Fsp3) is 0.812. The van der Waals surface area contributed by atoms with Gasteiger partial charge in [0.1, 0.15) is 0 Å². The number of rotatable bonds is 8. The molecule has 0 aromatic carbocycles. The van der Waals surface area contributed by atoms with Crippen LogP contribution in [0, 0.1) is 5.41 Å². The lowest BCUT2D eigenvalue weighted by atomic mass is 9.83. The fourth-order valence-corrected chi connectivity index (χ4v) is 2.72. The predicted molar refractivity (Wildman–Crippen MR) is 87.4 cm³/mol. The monoisotopic (exact) mass is 299 g/mol. The van der Waals surface area contributed by atoms with Crippen LogP contribution < -0.4 is 5.32 Å². The van der Waals surface area contributed by atoms with Crippen LogP contribution in [0.25, 0.3) is 0 Å². The average molecular weight is 300 g/mol. The van der Waals surface area contributed by atoms with Crippen LogP contribution in [0.5, 0.6) is 0 Å². The van der Waals surface area contributed by atoms with E-state index in [4.69, 9.17) is 11.6 Å². The van der Waals surface area contributed by atoms with Crippen LogP contribution in [0.4, 0.5) is 0 Å². The second kappa shape index (κ2) is 8.04. The maximum Gasteiger partial charge on any atom is 0.0817 e. The van der Waals surface area contributed by atoms with Crippen LogP contribution in [0.1, 0.15) is 59.6 Å². The molecule has 3 nitrogen and oxygen atoms in total. The van der Waals surface area contributed by atoms with Gasteiger partial charge in [-0.2, -0.15) is 5.10 Å². The van der Waals surface area contributed by atoms with Crippen molar-refractivity contribution in [1.29, 1.82) is 0 Å². The Bertz CT molecular complexity index is 393. The Balaban J connectivity index is 2.69. The van der Waals surface area contributed by atoms with Crippen molar-refractivity contribution >= 4 is 11.6 Å². The molecule has 1 aromatic rings. The van der Waals surface area contributed by atoms with E-state index in [9.17, 15) is 0 Å². The standard InChI is InChI=1S/C16H30ClN3/c1-6-10-18-15(16(3,4)5)9-8-14-13(17)12-19-20(14)11-7-2/h12,15,18H,6-11H2,1-5H3. The highest BCUT2D eigenvalue weighted by Gasteiger charge is 2.24. The van der Waals surface area contributed by atoms with Crippen molar-refractivity contribution in [2.45, 2.75) is 72.9 Å². The van der Waals surface area contributed by atoms with Crippen molar-refractivity contribution in [2.75, 3.05) is 6.54 Å². The lowest BCUT2D eigenvalue weighted by Crippen LogP contribution is -2.41. The van der Waals surface area contributed by atoms with E-state index in [0.29, 0.717) is 6.04 Å². The zero-order chi connectivity index (χ0) is 15.2. The van der Waals surface area contributed by atoms with E-state index in [2.05, 4.69) is 49.7 Å². The van der Waals surface area contributed by atoms with E-state index in [-0.39, 0.29) is 5.41 Å². The van der Waals surface area contributed by atoms with Crippen molar-refractivity contribution in [1.82, 2.24) is 15.1 Å². The summed E-state index contributed by atoms with van der Waals surface area (Å²) >= 11 is 6.28. The van der Waals surface area contributed by atoms with E-state index in [1.165, 1.54) is 12.1 Å². The number of nitrogens with one attached hydrogen (secondary N) is 1. The van der Waals surface area contributed by atoms with Gasteiger partial charge in [-0.25, -0.2) is 0 Å². The van der Waals surface area contributed by atoms with Crippen molar-refractivity contribution in [3.8, 4) is 0 Å². The molecule has 1 unspecified atom stereocenters. The van der Waals surface area contributed by atoms with Gasteiger partial charge < -0.3 is 5.32 Å². The molecule has 20 heavy (non-hydrogen) atoms. The molecule has 116 valence electrons. The summed E-state index contributed by atoms with van der Waals surface area (Å²) < 4.78 is 2.06. The molecule has 1 N–H and O–H groups in total. The van der Waals surface area contributed by atoms with Crippen molar-refractivity contribution in [2.24, 2.45) is 5.41 Å². The predicted octanol–water partition coefficient (Wildman–Crippen LogP) is 4.29. The summed E-state index contributed by atoms with van der Waals surface area (Å²) in [6.07, 6.45) is 6.11. The number of aryl methyl sites for hydroxylation is 1. The van der Waals surface area contributed by atoms with Crippen molar-refractivity contribution in [3.63, 3.8) is 0 Å². The summed E-state index contributed by atoms with van der Waals surface area (Å²) in [6, 6.07) is 0.503. The van der Waals surface area contributed by atoms with Gasteiger partial charge in [0.2, 0.25) is 0 Å². The van der Waals surface area contributed by atoms with Crippen molar-refractivity contribution in [3.05, 3.63) is 16.9 Å². The molecule has 0 aliphatic rings. The van der Waals surface area contributed by atoms with Gasteiger partial charge in [0.25, 0.3) is 0 Å². The molecule has 0 amide bonds. The van der Waals surface area contributed by atoms with Gasteiger partial charge >= 0.3 is 0 Å². The molecule has 1 aromatic heterocycles. The summed E-state index contributed by atoms with van der Waals surface area (Å²) in [4.78, 5) is 0. The number of halogens is 1. The van der Waals surface area contributed by atoms with Gasteiger partial charge in [0.15, 0.2) is 0 Å². The van der Waals surface area contributed by atoms with E-state index < -0.39 is 0 Å². The van der Waals surface area contributed by atoms with Crippen LogP contribution in [0.3, 0.4) is 0 Å². The van der Waals surface area contributed by atoms with Crippen LogP contribution in [-0.4, -0.2) is 22.4 Å². The highest BCUT2D eigenvalue weighted by molar-refractivity contribution is 6.31. The summed E-state index contributed by atoms with van der Waals surface area (Å²) in [7, 11) is 0. The van der Waals surface area contributed by atoms with Gasteiger partial charge in [-0.15, -0.1) is 0 Å². The Morgan fingerprint density at radius 1 is 1.30 bits per heavy atom. The van der Waals surface area contributed by atoms with Crippen LogP contribution in [0.2, 0.25) is 5.02 Å². The molecule has 1 atom stereocenters. The molecule has 0 saturated carbocycles. The highest BCUT2D eigenvalue weighted by atomic mass is 35.5. The first-order chi connectivity index (χ1) is 9.40. The zero-order valence-electron chi connectivity index (χ0n) is 13.7. The molecule has 0 radical (unpaired) electrons. The second-order valence-electron chi connectivity index (χ2n) is 6.57. The van der Waals surface area contributed by atoms with Crippen LogP contribution >= 0.6 is 11.6 Å².